The van der Waals surface area contributed by atoms with Crippen molar-refractivity contribution >= 4 is 21.6 Å². The number of hydrogen-bond acceptors (Lipinski definition) is 5. The van der Waals surface area contributed by atoms with E-state index in [1.54, 1.807) is 29.1 Å². The third-order valence-electron chi connectivity index (χ3n) is 4.66. The summed E-state index contributed by atoms with van der Waals surface area (Å²) in [7, 11) is -1.83. The van der Waals surface area contributed by atoms with Crippen molar-refractivity contribution in [1.82, 2.24) is 29.3 Å². The van der Waals surface area contributed by atoms with Crippen molar-refractivity contribution in [3.05, 3.63) is 47.5 Å². The summed E-state index contributed by atoms with van der Waals surface area (Å²) in [6.45, 7) is 0.627. The maximum atomic E-state index is 12.7. The molecule has 3 aromatic rings. The van der Waals surface area contributed by atoms with E-state index >= 15 is 0 Å². The second kappa shape index (κ2) is 7.06. The zero-order valence-electron chi connectivity index (χ0n) is 14.7. The third kappa shape index (κ3) is 3.62. The second-order valence-corrected chi connectivity index (χ2v) is 8.66. The SMILES string of the molecule is Cn1cc(-c2nnc3n2CCC(NS(=O)(=O)c2ccccc2Cl)CC3)cn1. The fourth-order valence-electron chi connectivity index (χ4n) is 3.30. The molecule has 0 saturated heterocycles. The topological polar surface area (TPSA) is 94.7 Å². The summed E-state index contributed by atoms with van der Waals surface area (Å²) in [5.41, 5.74) is 0.895. The number of nitrogens with one attached hydrogen (secondary N) is 1. The highest BCUT2D eigenvalue weighted by Gasteiger charge is 2.26. The lowest BCUT2D eigenvalue weighted by Gasteiger charge is -2.17. The Morgan fingerprint density at radius 1 is 1.22 bits per heavy atom. The molecule has 1 aliphatic heterocycles. The summed E-state index contributed by atoms with van der Waals surface area (Å²) in [5.74, 6) is 1.61. The lowest BCUT2D eigenvalue weighted by Crippen LogP contribution is -2.35. The van der Waals surface area contributed by atoms with Crippen molar-refractivity contribution in [3.8, 4) is 11.4 Å². The van der Waals surface area contributed by atoms with Crippen molar-refractivity contribution in [2.45, 2.75) is 36.7 Å². The molecule has 0 saturated carbocycles. The van der Waals surface area contributed by atoms with Gasteiger partial charge in [-0.25, -0.2) is 13.1 Å². The fourth-order valence-corrected chi connectivity index (χ4v) is 5.13. The van der Waals surface area contributed by atoms with Gasteiger partial charge < -0.3 is 4.57 Å². The minimum absolute atomic E-state index is 0.103. The maximum absolute atomic E-state index is 12.7. The Labute approximate surface area is 162 Å². The van der Waals surface area contributed by atoms with Crippen LogP contribution in [0.5, 0.6) is 0 Å². The average molecular weight is 407 g/mol. The monoisotopic (exact) mass is 406 g/mol. The van der Waals surface area contributed by atoms with Crippen LogP contribution in [0.2, 0.25) is 5.02 Å². The molecule has 8 nitrogen and oxygen atoms in total. The number of aromatic nitrogens is 5. The summed E-state index contributed by atoms with van der Waals surface area (Å²) < 4.78 is 31.9. The molecule has 3 heterocycles. The molecule has 0 bridgehead atoms. The number of benzene rings is 1. The number of hydrogen-bond donors (Lipinski definition) is 1. The summed E-state index contributed by atoms with van der Waals surface area (Å²) in [6, 6.07) is 6.25. The summed E-state index contributed by atoms with van der Waals surface area (Å²) >= 11 is 6.06. The third-order valence-corrected chi connectivity index (χ3v) is 6.68. The van der Waals surface area contributed by atoms with Crippen LogP contribution in [0.3, 0.4) is 0 Å². The summed E-state index contributed by atoms with van der Waals surface area (Å²) in [6.07, 6.45) is 5.57. The van der Waals surface area contributed by atoms with Gasteiger partial charge in [0.05, 0.1) is 16.8 Å². The van der Waals surface area contributed by atoms with Gasteiger partial charge in [-0.1, -0.05) is 23.7 Å². The Bertz CT molecular complexity index is 1070. The van der Waals surface area contributed by atoms with Crippen LogP contribution in [0.15, 0.2) is 41.6 Å². The number of sulfonamides is 1. The zero-order valence-corrected chi connectivity index (χ0v) is 16.3. The maximum Gasteiger partial charge on any atom is 0.242 e. The number of fused-ring (bicyclic) bond motifs is 1. The van der Waals surface area contributed by atoms with Gasteiger partial charge in [0, 0.05) is 32.3 Å². The number of nitrogens with zero attached hydrogens (tertiary/aromatic N) is 5. The van der Waals surface area contributed by atoms with E-state index in [1.807, 2.05) is 17.8 Å². The van der Waals surface area contributed by atoms with Crippen LogP contribution >= 0.6 is 11.6 Å². The largest absolute Gasteiger partial charge is 0.311 e. The molecule has 1 N–H and O–H groups in total. The summed E-state index contributed by atoms with van der Waals surface area (Å²) in [4.78, 5) is 0.103. The molecule has 0 spiro atoms. The highest BCUT2D eigenvalue weighted by Crippen LogP contribution is 2.25. The highest BCUT2D eigenvalue weighted by atomic mass is 35.5. The lowest BCUT2D eigenvalue weighted by atomic mass is 10.1. The van der Waals surface area contributed by atoms with E-state index in [-0.39, 0.29) is 16.0 Å². The lowest BCUT2D eigenvalue weighted by molar-refractivity contribution is 0.497. The molecule has 1 unspecified atom stereocenters. The average Bonchev–Trinajstić information content (AvgIpc) is 3.18. The zero-order chi connectivity index (χ0) is 19.0. The molecule has 1 aliphatic rings. The number of halogens is 1. The Morgan fingerprint density at radius 3 is 2.78 bits per heavy atom. The van der Waals surface area contributed by atoms with Crippen LogP contribution in [0.1, 0.15) is 18.7 Å². The molecule has 0 aliphatic carbocycles. The predicted octanol–water partition coefficient (Wildman–Crippen LogP) is 2.02. The Hall–Kier alpha value is -2.23. The van der Waals surface area contributed by atoms with E-state index in [0.717, 1.165) is 17.2 Å². The Kier molecular flexibility index (Phi) is 4.75. The van der Waals surface area contributed by atoms with Gasteiger partial charge in [0.15, 0.2) is 5.82 Å². The van der Waals surface area contributed by atoms with Gasteiger partial charge in [-0.2, -0.15) is 5.10 Å². The van der Waals surface area contributed by atoms with Gasteiger partial charge in [0.25, 0.3) is 0 Å². The minimum atomic E-state index is -3.68. The van der Waals surface area contributed by atoms with E-state index in [0.29, 0.717) is 25.8 Å². The molecular formula is C17H19ClN6O2S. The molecule has 1 aromatic carbocycles. The normalized spacial score (nSPS) is 17.5. The van der Waals surface area contributed by atoms with E-state index < -0.39 is 10.0 Å². The smallest absolute Gasteiger partial charge is 0.242 e. The molecule has 2 aromatic heterocycles. The minimum Gasteiger partial charge on any atom is -0.311 e. The first-order valence-corrected chi connectivity index (χ1v) is 10.5. The molecule has 4 rings (SSSR count). The first kappa shape index (κ1) is 18.1. The van der Waals surface area contributed by atoms with Crippen molar-refractivity contribution in [3.63, 3.8) is 0 Å². The second-order valence-electron chi connectivity index (χ2n) is 6.57. The Morgan fingerprint density at radius 2 is 2.04 bits per heavy atom. The first-order valence-electron chi connectivity index (χ1n) is 8.62. The van der Waals surface area contributed by atoms with Gasteiger partial charge in [-0.05, 0) is 25.0 Å². The quantitative estimate of drug-likeness (QED) is 0.715. The van der Waals surface area contributed by atoms with E-state index in [2.05, 4.69) is 20.0 Å². The van der Waals surface area contributed by atoms with Crippen LogP contribution in [0.4, 0.5) is 0 Å². The molecule has 0 fully saturated rings. The molecule has 10 heteroatoms. The molecule has 0 radical (unpaired) electrons. The van der Waals surface area contributed by atoms with E-state index in [9.17, 15) is 8.42 Å². The molecule has 1 atom stereocenters. The molecule has 27 heavy (non-hydrogen) atoms. The van der Waals surface area contributed by atoms with E-state index in [1.165, 1.54) is 6.07 Å². The van der Waals surface area contributed by atoms with E-state index in [4.69, 9.17) is 11.6 Å². The van der Waals surface area contributed by atoms with Crippen molar-refractivity contribution in [2.24, 2.45) is 7.05 Å². The molecular weight excluding hydrogens is 388 g/mol. The van der Waals surface area contributed by atoms with Gasteiger partial charge in [-0.3, -0.25) is 4.68 Å². The van der Waals surface area contributed by atoms with Crippen LogP contribution in [-0.4, -0.2) is 39.0 Å². The van der Waals surface area contributed by atoms with Crippen molar-refractivity contribution in [2.75, 3.05) is 0 Å². The van der Waals surface area contributed by atoms with Crippen LogP contribution in [-0.2, 0) is 30.0 Å². The highest BCUT2D eigenvalue weighted by molar-refractivity contribution is 7.89. The number of rotatable bonds is 4. The molecule has 142 valence electrons. The van der Waals surface area contributed by atoms with Gasteiger partial charge in [0.1, 0.15) is 10.7 Å². The van der Waals surface area contributed by atoms with Crippen LogP contribution < -0.4 is 4.72 Å². The first-order chi connectivity index (χ1) is 12.9. The van der Waals surface area contributed by atoms with Crippen LogP contribution in [0.25, 0.3) is 11.4 Å². The van der Waals surface area contributed by atoms with Crippen molar-refractivity contribution < 1.29 is 8.42 Å². The molecule has 0 amide bonds. The predicted molar refractivity (Wildman–Crippen MR) is 101 cm³/mol. The van der Waals surface area contributed by atoms with Crippen LogP contribution in [0, 0.1) is 0 Å². The fraction of sp³-hybridized carbons (Fsp3) is 0.353. The van der Waals surface area contributed by atoms with Gasteiger partial charge in [-0.15, -0.1) is 10.2 Å². The number of aryl methyl sites for hydroxylation is 2. The summed E-state index contributed by atoms with van der Waals surface area (Å²) in [5, 5.41) is 13.0. The standard InChI is InChI=1S/C17H19ClN6O2S/c1-23-11-12(10-19-23)17-21-20-16-7-6-13(8-9-24(16)17)22-27(25,26)15-5-3-2-4-14(15)18/h2-5,10-11,13,22H,6-9H2,1H3. The van der Waals surface area contributed by atoms with Gasteiger partial charge >= 0.3 is 0 Å². The van der Waals surface area contributed by atoms with Crippen molar-refractivity contribution in [1.29, 1.82) is 0 Å². The Balaban J connectivity index is 1.53. The van der Waals surface area contributed by atoms with Gasteiger partial charge in [0.2, 0.25) is 10.0 Å².